The van der Waals surface area contributed by atoms with Crippen LogP contribution in [0.5, 0.6) is 5.75 Å². The fourth-order valence-corrected chi connectivity index (χ4v) is 3.21. The normalized spacial score (nSPS) is 13.8. The zero-order chi connectivity index (χ0) is 19.2. The molecule has 1 aromatic carbocycles. The Morgan fingerprint density at radius 3 is 2.59 bits per heavy atom. The number of pyridine rings is 1. The highest BCUT2D eigenvalue weighted by atomic mass is 16.5. The van der Waals surface area contributed by atoms with Gasteiger partial charge in [-0.2, -0.15) is 0 Å². The van der Waals surface area contributed by atoms with E-state index < -0.39 is 0 Å². The lowest BCUT2D eigenvalue weighted by Gasteiger charge is -2.29. The van der Waals surface area contributed by atoms with E-state index in [-0.39, 0.29) is 11.8 Å². The van der Waals surface area contributed by atoms with E-state index in [0.29, 0.717) is 28.5 Å². The maximum Gasteiger partial charge on any atom is 0.259 e. The molecule has 1 aliphatic heterocycles. The van der Waals surface area contributed by atoms with Crippen molar-refractivity contribution in [3.05, 3.63) is 42.1 Å². The molecule has 1 aliphatic rings. The smallest absolute Gasteiger partial charge is 0.259 e. The van der Waals surface area contributed by atoms with Crippen LogP contribution in [0.2, 0.25) is 0 Å². The molecule has 0 spiro atoms. The number of ether oxygens (including phenoxy) is 1. The van der Waals surface area contributed by atoms with Gasteiger partial charge in [0, 0.05) is 31.9 Å². The maximum absolute atomic E-state index is 13.0. The molecule has 1 fully saturated rings. The molecule has 2 amide bonds. The van der Waals surface area contributed by atoms with Crippen LogP contribution in [-0.4, -0.2) is 37.0 Å². The minimum Gasteiger partial charge on any atom is -0.495 e. The summed E-state index contributed by atoms with van der Waals surface area (Å²) in [5.74, 6) is 0.770. The zero-order valence-electron chi connectivity index (χ0n) is 15.6. The van der Waals surface area contributed by atoms with E-state index in [2.05, 4.69) is 20.5 Å². The first-order valence-electron chi connectivity index (χ1n) is 9.05. The Kier molecular flexibility index (Phi) is 5.90. The van der Waals surface area contributed by atoms with E-state index in [1.165, 1.54) is 20.5 Å². The average molecular weight is 368 g/mol. The molecule has 0 atom stereocenters. The zero-order valence-corrected chi connectivity index (χ0v) is 15.6. The summed E-state index contributed by atoms with van der Waals surface area (Å²) >= 11 is 0. The second-order valence-corrected chi connectivity index (χ2v) is 6.47. The molecule has 2 heterocycles. The molecule has 2 aromatic rings. The summed E-state index contributed by atoms with van der Waals surface area (Å²) in [4.78, 5) is 30.9. The number of benzene rings is 1. The predicted molar refractivity (Wildman–Crippen MR) is 106 cm³/mol. The van der Waals surface area contributed by atoms with Crippen LogP contribution in [0, 0.1) is 0 Å². The Morgan fingerprint density at radius 1 is 1.11 bits per heavy atom. The molecule has 2 N–H and O–H groups in total. The molecule has 7 nitrogen and oxygen atoms in total. The van der Waals surface area contributed by atoms with Crippen molar-refractivity contribution in [3.63, 3.8) is 0 Å². The van der Waals surface area contributed by atoms with Crippen LogP contribution in [0.1, 0.15) is 36.5 Å². The van der Waals surface area contributed by atoms with Crippen molar-refractivity contribution >= 4 is 29.0 Å². The summed E-state index contributed by atoms with van der Waals surface area (Å²) in [6.45, 7) is 3.24. The molecule has 0 saturated carbocycles. The van der Waals surface area contributed by atoms with Gasteiger partial charge in [-0.1, -0.05) is 0 Å². The Morgan fingerprint density at radius 2 is 1.89 bits per heavy atom. The SMILES string of the molecule is COc1ccc(NC(C)=O)cc1NC(=O)c1cccnc1N1CCCCC1. The Balaban J connectivity index is 1.86. The van der Waals surface area contributed by atoms with Crippen molar-refractivity contribution < 1.29 is 14.3 Å². The standard InChI is InChI=1S/C20H24N4O3/c1-14(25)22-15-8-9-18(27-2)17(13-15)23-20(26)16-7-6-10-21-19(16)24-11-4-3-5-12-24/h6-10,13H,3-5,11-12H2,1-2H3,(H,22,25)(H,23,26). The Hall–Kier alpha value is -3.09. The van der Waals surface area contributed by atoms with E-state index in [9.17, 15) is 9.59 Å². The number of carbonyl (C=O) groups is 2. The first-order valence-corrected chi connectivity index (χ1v) is 9.05. The van der Waals surface area contributed by atoms with E-state index in [0.717, 1.165) is 25.9 Å². The number of nitrogens with zero attached hydrogens (tertiary/aromatic N) is 2. The van der Waals surface area contributed by atoms with Gasteiger partial charge in [0.1, 0.15) is 11.6 Å². The third-order valence-electron chi connectivity index (χ3n) is 4.45. The molecule has 142 valence electrons. The largest absolute Gasteiger partial charge is 0.495 e. The quantitative estimate of drug-likeness (QED) is 0.846. The topological polar surface area (TPSA) is 83.6 Å². The van der Waals surface area contributed by atoms with Gasteiger partial charge in [-0.05, 0) is 49.6 Å². The lowest BCUT2D eigenvalue weighted by atomic mass is 10.1. The highest BCUT2D eigenvalue weighted by Crippen LogP contribution is 2.29. The monoisotopic (exact) mass is 368 g/mol. The second-order valence-electron chi connectivity index (χ2n) is 6.47. The van der Waals surface area contributed by atoms with E-state index in [1.807, 2.05) is 0 Å². The van der Waals surface area contributed by atoms with Crippen molar-refractivity contribution in [2.24, 2.45) is 0 Å². The summed E-state index contributed by atoms with van der Waals surface area (Å²) in [7, 11) is 1.53. The number of carbonyl (C=O) groups excluding carboxylic acids is 2. The van der Waals surface area contributed by atoms with Gasteiger partial charge in [0.2, 0.25) is 5.91 Å². The van der Waals surface area contributed by atoms with Gasteiger partial charge in [0.25, 0.3) is 5.91 Å². The minimum absolute atomic E-state index is 0.183. The molecule has 27 heavy (non-hydrogen) atoms. The van der Waals surface area contributed by atoms with Gasteiger partial charge in [-0.25, -0.2) is 4.98 Å². The van der Waals surface area contributed by atoms with Crippen LogP contribution in [0.25, 0.3) is 0 Å². The number of nitrogens with one attached hydrogen (secondary N) is 2. The first kappa shape index (κ1) is 18.7. The van der Waals surface area contributed by atoms with Crippen molar-refractivity contribution in [2.75, 3.05) is 35.7 Å². The van der Waals surface area contributed by atoms with Crippen molar-refractivity contribution in [3.8, 4) is 5.75 Å². The number of hydrogen-bond acceptors (Lipinski definition) is 5. The van der Waals surface area contributed by atoms with E-state index in [1.54, 1.807) is 36.5 Å². The number of anilines is 3. The highest BCUT2D eigenvalue weighted by molar-refractivity contribution is 6.08. The van der Waals surface area contributed by atoms with Crippen molar-refractivity contribution in [2.45, 2.75) is 26.2 Å². The third-order valence-corrected chi connectivity index (χ3v) is 4.45. The number of aromatic nitrogens is 1. The van der Waals surface area contributed by atoms with Crippen LogP contribution in [0.3, 0.4) is 0 Å². The molecule has 1 aromatic heterocycles. The van der Waals surface area contributed by atoms with Crippen molar-refractivity contribution in [1.29, 1.82) is 0 Å². The molecule has 3 rings (SSSR count). The van der Waals surface area contributed by atoms with Gasteiger partial charge in [0.15, 0.2) is 0 Å². The molecular weight excluding hydrogens is 344 g/mol. The first-order chi connectivity index (χ1) is 13.1. The number of hydrogen-bond donors (Lipinski definition) is 2. The molecule has 0 bridgehead atoms. The van der Waals surface area contributed by atoms with Crippen LogP contribution >= 0.6 is 0 Å². The molecule has 7 heteroatoms. The summed E-state index contributed by atoms with van der Waals surface area (Å²) in [5, 5.41) is 5.60. The Bertz CT molecular complexity index is 832. The molecule has 0 unspecified atom stereocenters. The molecule has 1 saturated heterocycles. The maximum atomic E-state index is 13.0. The summed E-state index contributed by atoms with van der Waals surface area (Å²) in [6, 6.07) is 8.63. The number of amides is 2. The number of rotatable bonds is 5. The molecular formula is C20H24N4O3. The van der Waals surface area contributed by atoms with Crippen LogP contribution in [-0.2, 0) is 4.79 Å². The molecule has 0 radical (unpaired) electrons. The van der Waals surface area contributed by atoms with E-state index >= 15 is 0 Å². The summed E-state index contributed by atoms with van der Waals surface area (Å²) < 4.78 is 5.34. The molecule has 0 aliphatic carbocycles. The third kappa shape index (κ3) is 4.55. The Labute approximate surface area is 158 Å². The summed E-state index contributed by atoms with van der Waals surface area (Å²) in [5.41, 5.74) is 1.59. The van der Waals surface area contributed by atoms with Gasteiger partial charge in [0.05, 0.1) is 18.4 Å². The second kappa shape index (κ2) is 8.53. The van der Waals surface area contributed by atoms with Crippen LogP contribution in [0.4, 0.5) is 17.2 Å². The fraction of sp³-hybridized carbons (Fsp3) is 0.350. The van der Waals surface area contributed by atoms with Crippen LogP contribution < -0.4 is 20.3 Å². The number of methoxy groups -OCH3 is 1. The van der Waals surface area contributed by atoms with Gasteiger partial charge in [-0.3, -0.25) is 9.59 Å². The average Bonchev–Trinajstić information content (AvgIpc) is 2.68. The van der Waals surface area contributed by atoms with Crippen LogP contribution in [0.15, 0.2) is 36.5 Å². The van der Waals surface area contributed by atoms with Gasteiger partial charge < -0.3 is 20.3 Å². The van der Waals surface area contributed by atoms with E-state index in [4.69, 9.17) is 4.74 Å². The van der Waals surface area contributed by atoms with Gasteiger partial charge >= 0.3 is 0 Å². The fourth-order valence-electron chi connectivity index (χ4n) is 3.21. The van der Waals surface area contributed by atoms with Gasteiger partial charge in [-0.15, -0.1) is 0 Å². The lowest BCUT2D eigenvalue weighted by molar-refractivity contribution is -0.114. The van der Waals surface area contributed by atoms with Crippen molar-refractivity contribution in [1.82, 2.24) is 4.98 Å². The summed E-state index contributed by atoms with van der Waals surface area (Å²) in [6.07, 6.45) is 5.12. The highest BCUT2D eigenvalue weighted by Gasteiger charge is 2.20. The number of piperidine rings is 1. The lowest BCUT2D eigenvalue weighted by Crippen LogP contribution is -2.32. The predicted octanol–water partition coefficient (Wildman–Crippen LogP) is 3.29. The minimum atomic E-state index is -0.262.